The maximum Gasteiger partial charge on any atom is 0.214 e. The lowest BCUT2D eigenvalue weighted by molar-refractivity contribution is 0.344. The van der Waals surface area contributed by atoms with Crippen molar-refractivity contribution >= 4 is 10.0 Å². The molecule has 1 N–H and O–H groups in total. The van der Waals surface area contributed by atoms with E-state index in [9.17, 15) is 8.42 Å². The van der Waals surface area contributed by atoms with Gasteiger partial charge in [0.1, 0.15) is 0 Å². The second-order valence-corrected chi connectivity index (χ2v) is 7.66. The number of sulfonamides is 1. The van der Waals surface area contributed by atoms with Gasteiger partial charge >= 0.3 is 0 Å². The molecule has 5 heteroatoms. The molecule has 0 aromatic heterocycles. The number of nitrogens with zero attached hydrogens (tertiary/aromatic N) is 1. The summed E-state index contributed by atoms with van der Waals surface area (Å²) < 4.78 is 26.2. The monoisotopic (exact) mass is 260 g/mol. The molecule has 0 spiro atoms. The summed E-state index contributed by atoms with van der Waals surface area (Å²) in [5, 5.41) is 3.28. The molecule has 1 heterocycles. The Bertz CT molecular complexity index is 346. The minimum absolute atomic E-state index is 0.177. The van der Waals surface area contributed by atoms with Gasteiger partial charge in [-0.05, 0) is 57.5 Å². The van der Waals surface area contributed by atoms with E-state index in [2.05, 4.69) is 5.32 Å². The van der Waals surface area contributed by atoms with Crippen LogP contribution in [0.4, 0.5) is 0 Å². The topological polar surface area (TPSA) is 49.4 Å². The first kappa shape index (κ1) is 13.3. The fourth-order valence-electron chi connectivity index (χ4n) is 2.61. The molecule has 2 rings (SSSR count). The summed E-state index contributed by atoms with van der Waals surface area (Å²) >= 11 is 0. The molecule has 1 aliphatic carbocycles. The molecule has 2 fully saturated rings. The summed E-state index contributed by atoms with van der Waals surface area (Å²) in [6, 6.07) is 0.177. The smallest absolute Gasteiger partial charge is 0.214 e. The van der Waals surface area contributed by atoms with Crippen molar-refractivity contribution in [2.24, 2.45) is 11.8 Å². The van der Waals surface area contributed by atoms with Crippen LogP contribution >= 0.6 is 0 Å². The lowest BCUT2D eigenvalue weighted by atomic mass is 10.0. The Balaban J connectivity index is 1.92. The van der Waals surface area contributed by atoms with Gasteiger partial charge in [0.2, 0.25) is 10.0 Å². The van der Waals surface area contributed by atoms with Crippen molar-refractivity contribution in [2.75, 3.05) is 25.9 Å². The molecular formula is C12H24N2O2S. The van der Waals surface area contributed by atoms with Crippen LogP contribution < -0.4 is 5.32 Å². The van der Waals surface area contributed by atoms with Crippen molar-refractivity contribution in [3.8, 4) is 0 Å². The second-order valence-electron chi connectivity index (χ2n) is 5.59. The maximum atomic E-state index is 12.3. The van der Waals surface area contributed by atoms with Gasteiger partial charge in [0, 0.05) is 13.1 Å². The molecule has 2 atom stereocenters. The van der Waals surface area contributed by atoms with Gasteiger partial charge in [0.05, 0.1) is 5.75 Å². The quantitative estimate of drug-likeness (QED) is 0.804. The van der Waals surface area contributed by atoms with Gasteiger partial charge in [-0.25, -0.2) is 12.7 Å². The third kappa shape index (κ3) is 3.42. The van der Waals surface area contributed by atoms with Crippen molar-refractivity contribution in [1.29, 1.82) is 0 Å². The number of piperidine rings is 1. The van der Waals surface area contributed by atoms with E-state index in [0.717, 1.165) is 25.9 Å². The van der Waals surface area contributed by atoms with Crippen LogP contribution in [0.1, 0.15) is 32.6 Å². The highest BCUT2D eigenvalue weighted by Gasteiger charge is 2.36. The van der Waals surface area contributed by atoms with Crippen LogP contribution in [0.5, 0.6) is 0 Å². The lowest BCUT2D eigenvalue weighted by Crippen LogP contribution is -2.42. The summed E-state index contributed by atoms with van der Waals surface area (Å²) in [5.41, 5.74) is 0. The average molecular weight is 260 g/mol. The van der Waals surface area contributed by atoms with Crippen LogP contribution in [0.2, 0.25) is 0 Å². The molecule has 0 amide bonds. The SMILES string of the molecule is CC(C1CC1)N(C)S(=O)(=O)CC1CCCNC1. The summed E-state index contributed by atoms with van der Waals surface area (Å²) in [7, 11) is -1.33. The highest BCUT2D eigenvalue weighted by Crippen LogP contribution is 2.35. The molecule has 100 valence electrons. The molecule has 1 saturated carbocycles. The maximum absolute atomic E-state index is 12.3. The van der Waals surface area contributed by atoms with Gasteiger partial charge in [-0.15, -0.1) is 0 Å². The predicted molar refractivity (Wildman–Crippen MR) is 69.3 cm³/mol. The molecule has 0 bridgehead atoms. The summed E-state index contributed by atoms with van der Waals surface area (Å²) in [4.78, 5) is 0. The van der Waals surface area contributed by atoms with Crippen LogP contribution in [0.15, 0.2) is 0 Å². The zero-order valence-electron chi connectivity index (χ0n) is 10.9. The number of hydrogen-bond donors (Lipinski definition) is 1. The molecule has 17 heavy (non-hydrogen) atoms. The first-order chi connectivity index (χ1) is 8.00. The minimum Gasteiger partial charge on any atom is -0.316 e. The summed E-state index contributed by atoms with van der Waals surface area (Å²) in [6.45, 7) is 3.92. The predicted octanol–water partition coefficient (Wildman–Crippen LogP) is 1.05. The Labute approximate surface area is 105 Å². The van der Waals surface area contributed by atoms with Gasteiger partial charge in [0.25, 0.3) is 0 Å². The Morgan fingerprint density at radius 1 is 1.35 bits per heavy atom. The van der Waals surface area contributed by atoms with E-state index < -0.39 is 10.0 Å². The van der Waals surface area contributed by atoms with Crippen molar-refractivity contribution in [3.63, 3.8) is 0 Å². The molecule has 0 aromatic carbocycles. The first-order valence-corrected chi connectivity index (χ1v) is 8.28. The molecule has 1 saturated heterocycles. The highest BCUT2D eigenvalue weighted by atomic mass is 32.2. The van der Waals surface area contributed by atoms with E-state index in [1.807, 2.05) is 6.92 Å². The van der Waals surface area contributed by atoms with E-state index in [1.54, 1.807) is 11.4 Å². The summed E-state index contributed by atoms with van der Waals surface area (Å²) in [5.74, 6) is 1.20. The lowest BCUT2D eigenvalue weighted by Gasteiger charge is -2.28. The third-order valence-corrected chi connectivity index (χ3v) is 6.26. The largest absolute Gasteiger partial charge is 0.316 e. The van der Waals surface area contributed by atoms with E-state index >= 15 is 0 Å². The summed E-state index contributed by atoms with van der Waals surface area (Å²) in [6.07, 6.45) is 4.51. The molecule has 2 unspecified atom stereocenters. The van der Waals surface area contributed by atoms with E-state index in [4.69, 9.17) is 0 Å². The number of hydrogen-bond acceptors (Lipinski definition) is 3. The van der Waals surface area contributed by atoms with Crippen LogP contribution in [-0.4, -0.2) is 44.7 Å². The van der Waals surface area contributed by atoms with E-state index in [1.165, 1.54) is 12.8 Å². The molecule has 4 nitrogen and oxygen atoms in total. The van der Waals surface area contributed by atoms with Gasteiger partial charge in [-0.1, -0.05) is 0 Å². The minimum atomic E-state index is -3.07. The Kier molecular flexibility index (Phi) is 4.10. The zero-order chi connectivity index (χ0) is 12.5. The fourth-order valence-corrected chi connectivity index (χ4v) is 4.40. The van der Waals surface area contributed by atoms with Crippen LogP contribution in [0, 0.1) is 11.8 Å². The molecule has 2 aliphatic rings. The van der Waals surface area contributed by atoms with Crippen molar-refractivity contribution in [1.82, 2.24) is 9.62 Å². The molecular weight excluding hydrogens is 236 g/mol. The molecule has 0 radical (unpaired) electrons. The molecule has 0 aromatic rings. The third-order valence-electron chi connectivity index (χ3n) is 4.16. The fraction of sp³-hybridized carbons (Fsp3) is 1.00. The van der Waals surface area contributed by atoms with Gasteiger partial charge < -0.3 is 5.32 Å². The normalized spacial score (nSPS) is 28.3. The first-order valence-electron chi connectivity index (χ1n) is 6.67. The van der Waals surface area contributed by atoms with Gasteiger partial charge in [-0.3, -0.25) is 0 Å². The second kappa shape index (κ2) is 5.24. The van der Waals surface area contributed by atoms with Crippen molar-refractivity contribution < 1.29 is 8.42 Å². The Morgan fingerprint density at radius 2 is 2.06 bits per heavy atom. The number of rotatable bonds is 5. The highest BCUT2D eigenvalue weighted by molar-refractivity contribution is 7.89. The van der Waals surface area contributed by atoms with Crippen molar-refractivity contribution in [2.45, 2.75) is 38.6 Å². The van der Waals surface area contributed by atoms with E-state index in [0.29, 0.717) is 17.6 Å². The Hall–Kier alpha value is -0.130. The standard InChI is InChI=1S/C12H24N2O2S/c1-10(12-5-6-12)14(2)17(15,16)9-11-4-3-7-13-8-11/h10-13H,3-9H2,1-2H3. The average Bonchev–Trinajstić information content (AvgIpc) is 3.11. The van der Waals surface area contributed by atoms with Crippen molar-refractivity contribution in [3.05, 3.63) is 0 Å². The zero-order valence-corrected chi connectivity index (χ0v) is 11.7. The Morgan fingerprint density at radius 3 is 2.59 bits per heavy atom. The van der Waals surface area contributed by atoms with Crippen LogP contribution in [0.25, 0.3) is 0 Å². The van der Waals surface area contributed by atoms with Gasteiger partial charge in [0.15, 0.2) is 0 Å². The van der Waals surface area contributed by atoms with E-state index in [-0.39, 0.29) is 6.04 Å². The number of nitrogens with one attached hydrogen (secondary N) is 1. The van der Waals surface area contributed by atoms with Crippen LogP contribution in [-0.2, 0) is 10.0 Å². The van der Waals surface area contributed by atoms with Crippen LogP contribution in [0.3, 0.4) is 0 Å². The molecule has 1 aliphatic heterocycles. The van der Waals surface area contributed by atoms with Gasteiger partial charge in [-0.2, -0.15) is 0 Å².